The molecule has 5 nitrogen and oxygen atoms in total. The molecule has 1 heterocycles. The largest absolute Gasteiger partial charge is 0.466 e. The second-order valence-corrected chi connectivity index (χ2v) is 5.35. The maximum absolute atomic E-state index is 11.8. The van der Waals surface area contributed by atoms with E-state index in [1.807, 2.05) is 30.3 Å². The van der Waals surface area contributed by atoms with Gasteiger partial charge in [-0.2, -0.15) is 0 Å². The van der Waals surface area contributed by atoms with E-state index >= 15 is 0 Å². The van der Waals surface area contributed by atoms with Gasteiger partial charge >= 0.3 is 5.97 Å². The van der Waals surface area contributed by atoms with E-state index in [9.17, 15) is 14.4 Å². The molecule has 0 atom stereocenters. The average Bonchev–Trinajstić information content (AvgIpc) is 2.45. The fourth-order valence-corrected chi connectivity index (χ4v) is 2.76. The fraction of sp³-hybridized carbons (Fsp3) is 0.357. The summed E-state index contributed by atoms with van der Waals surface area (Å²) in [6.45, 7) is 2.25. The number of benzene rings is 1. The molecule has 0 saturated carbocycles. The summed E-state index contributed by atoms with van der Waals surface area (Å²) in [5, 5.41) is 2.26. The van der Waals surface area contributed by atoms with Gasteiger partial charge in [0, 0.05) is 6.54 Å². The third kappa shape index (κ3) is 2.91. The zero-order chi connectivity index (χ0) is 14.6. The van der Waals surface area contributed by atoms with Crippen molar-refractivity contribution >= 4 is 28.0 Å². The Bertz CT molecular complexity index is 515. The lowest BCUT2D eigenvalue weighted by Gasteiger charge is -2.36. The van der Waals surface area contributed by atoms with Gasteiger partial charge in [-0.3, -0.25) is 19.7 Å². The summed E-state index contributed by atoms with van der Waals surface area (Å²) in [6, 6.07) is 9.38. The molecule has 2 rings (SSSR count). The third-order valence-electron chi connectivity index (χ3n) is 3.03. The van der Waals surface area contributed by atoms with Gasteiger partial charge in [-0.25, -0.2) is 0 Å². The summed E-state index contributed by atoms with van der Waals surface area (Å²) in [4.78, 5) is 35.2. The second-order valence-electron chi connectivity index (χ2n) is 4.40. The molecule has 1 aromatic carbocycles. The minimum absolute atomic E-state index is 0.225. The molecule has 0 aromatic heterocycles. The summed E-state index contributed by atoms with van der Waals surface area (Å²) >= 11 is 0.637. The number of carbonyl (C=O) groups is 3. The molecule has 1 aliphatic heterocycles. The quantitative estimate of drug-likeness (QED) is 0.629. The van der Waals surface area contributed by atoms with Gasteiger partial charge in [-0.05, 0) is 24.2 Å². The third-order valence-corrected chi connectivity index (χ3v) is 4.10. The van der Waals surface area contributed by atoms with Crippen molar-refractivity contribution in [2.24, 2.45) is 0 Å². The second kappa shape index (κ2) is 6.19. The van der Waals surface area contributed by atoms with Crippen molar-refractivity contribution in [3.8, 4) is 0 Å². The minimum Gasteiger partial charge on any atom is -0.466 e. The molecule has 106 valence electrons. The van der Waals surface area contributed by atoms with Crippen molar-refractivity contribution in [3.63, 3.8) is 0 Å². The topological polar surface area (TPSA) is 72.5 Å². The highest BCUT2D eigenvalue weighted by Crippen LogP contribution is 2.37. The average molecular weight is 293 g/mol. The van der Waals surface area contributed by atoms with E-state index in [0.717, 1.165) is 5.56 Å². The normalized spacial score (nSPS) is 16.6. The number of nitrogens with one attached hydrogen (secondary N) is 1. The maximum Gasteiger partial charge on any atom is 0.308 e. The Hall–Kier alpha value is -1.66. The highest BCUT2D eigenvalue weighted by atomic mass is 32.2. The molecule has 1 N–H and O–H groups in total. The predicted molar refractivity (Wildman–Crippen MR) is 74.9 cm³/mol. The molecule has 6 heteroatoms. The van der Waals surface area contributed by atoms with Gasteiger partial charge in [0.1, 0.15) is 0 Å². The Balaban J connectivity index is 2.06. The molecular formula is C14H15NO4S. The first-order valence-corrected chi connectivity index (χ1v) is 7.11. The Kier molecular flexibility index (Phi) is 4.57. The van der Waals surface area contributed by atoms with E-state index in [0.29, 0.717) is 18.3 Å². The van der Waals surface area contributed by atoms with Crippen LogP contribution in [0.15, 0.2) is 30.3 Å². The lowest BCUT2D eigenvalue weighted by atomic mass is 9.96. The molecule has 0 bridgehead atoms. The highest BCUT2D eigenvalue weighted by molar-refractivity contribution is 8.30. The van der Waals surface area contributed by atoms with Gasteiger partial charge in [0.15, 0.2) is 5.54 Å². The van der Waals surface area contributed by atoms with Crippen molar-refractivity contribution in [1.82, 2.24) is 5.32 Å². The number of ether oxygens (including phenoxy) is 1. The Morgan fingerprint density at radius 1 is 1.25 bits per heavy atom. The summed E-state index contributed by atoms with van der Waals surface area (Å²) < 4.78 is 4.83. The maximum atomic E-state index is 11.8. The summed E-state index contributed by atoms with van der Waals surface area (Å²) in [5.74, 6) is -0.546. The Morgan fingerprint density at radius 2 is 1.90 bits per heavy atom. The van der Waals surface area contributed by atoms with Gasteiger partial charge < -0.3 is 4.74 Å². The van der Waals surface area contributed by atoms with Crippen LogP contribution in [-0.2, 0) is 25.7 Å². The lowest BCUT2D eigenvalue weighted by molar-refractivity contribution is -0.149. The molecule has 1 aromatic rings. The fourth-order valence-electron chi connectivity index (χ4n) is 1.92. The summed E-state index contributed by atoms with van der Waals surface area (Å²) in [5.41, 5.74) is -0.486. The van der Waals surface area contributed by atoms with E-state index in [4.69, 9.17) is 4.74 Å². The molecule has 1 fully saturated rings. The molecule has 0 unspecified atom stereocenters. The van der Waals surface area contributed by atoms with Gasteiger partial charge in [0.2, 0.25) is 10.2 Å². The van der Waals surface area contributed by atoms with E-state index in [1.54, 1.807) is 6.92 Å². The van der Waals surface area contributed by atoms with Crippen molar-refractivity contribution in [2.75, 3.05) is 6.61 Å². The van der Waals surface area contributed by atoms with Gasteiger partial charge in [-0.1, -0.05) is 30.3 Å². The molecule has 1 aliphatic rings. The Morgan fingerprint density at radius 3 is 2.45 bits per heavy atom. The summed E-state index contributed by atoms with van der Waals surface area (Å²) in [7, 11) is 0. The van der Waals surface area contributed by atoms with Crippen molar-refractivity contribution in [3.05, 3.63) is 35.9 Å². The number of esters is 1. The molecular weight excluding hydrogens is 278 g/mol. The molecule has 0 aliphatic carbocycles. The number of hydrogen-bond acceptors (Lipinski definition) is 6. The van der Waals surface area contributed by atoms with Crippen molar-refractivity contribution < 1.29 is 19.1 Å². The number of rotatable bonds is 6. The van der Waals surface area contributed by atoms with Crippen molar-refractivity contribution in [2.45, 2.75) is 25.4 Å². The van der Waals surface area contributed by atoms with Crippen LogP contribution < -0.4 is 5.32 Å². The van der Waals surface area contributed by atoms with Crippen LogP contribution in [0.3, 0.4) is 0 Å². The monoisotopic (exact) mass is 293 g/mol. The van der Waals surface area contributed by atoms with E-state index in [2.05, 4.69) is 5.32 Å². The molecule has 0 spiro atoms. The van der Waals surface area contributed by atoms with Crippen LogP contribution >= 0.6 is 11.8 Å². The molecule has 0 radical (unpaired) electrons. The highest BCUT2D eigenvalue weighted by Gasteiger charge is 2.57. The standard InChI is InChI=1S/C14H15NO4S/c1-2-19-11(16)8-14(12(17)20-13(14)18)15-9-10-6-4-3-5-7-10/h3-7,15H,2,8-9H2,1H3. The predicted octanol–water partition coefficient (Wildman–Crippen LogP) is 1.27. The number of hydrogen-bond donors (Lipinski definition) is 1. The minimum atomic E-state index is -1.42. The SMILES string of the molecule is CCOC(=O)CC1(NCc2ccccc2)C(=O)SC1=O. The number of thioether (sulfide) groups is 1. The van der Waals surface area contributed by atoms with Crippen LogP contribution in [0.1, 0.15) is 18.9 Å². The first-order chi connectivity index (χ1) is 9.58. The van der Waals surface area contributed by atoms with Crippen LogP contribution in [0.5, 0.6) is 0 Å². The van der Waals surface area contributed by atoms with Crippen LogP contribution in [-0.4, -0.2) is 28.3 Å². The zero-order valence-electron chi connectivity index (χ0n) is 11.0. The lowest BCUT2D eigenvalue weighted by Crippen LogP contribution is -2.64. The molecule has 20 heavy (non-hydrogen) atoms. The van der Waals surface area contributed by atoms with Crippen LogP contribution in [0.4, 0.5) is 0 Å². The Labute approximate surface area is 121 Å². The van der Waals surface area contributed by atoms with Crippen LogP contribution in [0.25, 0.3) is 0 Å². The zero-order valence-corrected chi connectivity index (χ0v) is 11.9. The van der Waals surface area contributed by atoms with E-state index in [-0.39, 0.29) is 23.3 Å². The molecule has 0 amide bonds. The first kappa shape index (κ1) is 14.7. The number of carbonyl (C=O) groups excluding carboxylic acids is 3. The van der Waals surface area contributed by atoms with Gasteiger partial charge in [-0.15, -0.1) is 0 Å². The van der Waals surface area contributed by atoms with E-state index in [1.165, 1.54) is 0 Å². The molecule has 1 saturated heterocycles. The smallest absolute Gasteiger partial charge is 0.308 e. The van der Waals surface area contributed by atoms with Crippen LogP contribution in [0.2, 0.25) is 0 Å². The van der Waals surface area contributed by atoms with Crippen LogP contribution in [0, 0.1) is 0 Å². The van der Waals surface area contributed by atoms with Gasteiger partial charge in [0.05, 0.1) is 13.0 Å². The van der Waals surface area contributed by atoms with E-state index < -0.39 is 11.5 Å². The summed E-state index contributed by atoms with van der Waals surface area (Å²) in [6.07, 6.45) is -0.252. The first-order valence-electron chi connectivity index (χ1n) is 6.30. The van der Waals surface area contributed by atoms with Gasteiger partial charge in [0.25, 0.3) is 0 Å². The van der Waals surface area contributed by atoms with Crippen molar-refractivity contribution in [1.29, 1.82) is 0 Å².